The third kappa shape index (κ3) is 5.44. The highest BCUT2D eigenvalue weighted by Crippen LogP contribution is 2.17. The van der Waals surface area contributed by atoms with Gasteiger partial charge < -0.3 is 15.4 Å². The summed E-state index contributed by atoms with van der Waals surface area (Å²) in [4.78, 5) is 20.6. The molecule has 3 rings (SSSR count). The van der Waals surface area contributed by atoms with Gasteiger partial charge in [-0.2, -0.15) is 0 Å². The first kappa shape index (κ1) is 19.6. The van der Waals surface area contributed by atoms with Crippen LogP contribution in [-0.4, -0.2) is 29.5 Å². The molecule has 0 saturated carbocycles. The Balaban J connectivity index is 1.54. The molecule has 0 fully saturated rings. The lowest BCUT2D eigenvalue weighted by Crippen LogP contribution is -2.24. The highest BCUT2D eigenvalue weighted by Gasteiger charge is 2.10. The molecule has 6 nitrogen and oxygen atoms in total. The second-order valence-corrected chi connectivity index (χ2v) is 6.52. The van der Waals surface area contributed by atoms with Gasteiger partial charge in [0.25, 0.3) is 5.91 Å². The molecule has 0 aliphatic rings. The molecular weight excluding hydrogens is 376 g/mol. The van der Waals surface area contributed by atoms with Gasteiger partial charge in [-0.15, -0.1) is 0 Å². The molecule has 0 radical (unpaired) electrons. The molecule has 1 heterocycles. The van der Waals surface area contributed by atoms with Crippen molar-refractivity contribution in [2.75, 3.05) is 19.0 Å². The molecule has 0 unspecified atom stereocenters. The largest absolute Gasteiger partial charge is 0.496 e. The van der Waals surface area contributed by atoms with Gasteiger partial charge in [0.1, 0.15) is 23.6 Å². The third-order valence-electron chi connectivity index (χ3n) is 4.16. The molecule has 0 aliphatic heterocycles. The maximum Gasteiger partial charge on any atom is 0.270 e. The first-order valence-corrected chi connectivity index (χ1v) is 9.24. The minimum Gasteiger partial charge on any atom is -0.496 e. The van der Waals surface area contributed by atoms with Crippen molar-refractivity contribution in [3.05, 3.63) is 82.8 Å². The summed E-state index contributed by atoms with van der Waals surface area (Å²) in [6.45, 7) is 1.03. The van der Waals surface area contributed by atoms with Crippen LogP contribution >= 0.6 is 11.6 Å². The van der Waals surface area contributed by atoms with E-state index in [0.29, 0.717) is 24.6 Å². The molecule has 7 heteroatoms. The highest BCUT2D eigenvalue weighted by molar-refractivity contribution is 6.30. The number of ether oxygens (including phenoxy) is 1. The summed E-state index contributed by atoms with van der Waals surface area (Å²) in [7, 11) is 1.60. The molecule has 2 N–H and O–H groups in total. The van der Waals surface area contributed by atoms with Gasteiger partial charge in [-0.25, -0.2) is 9.97 Å². The van der Waals surface area contributed by atoms with Crippen LogP contribution < -0.4 is 15.4 Å². The SMILES string of the molecule is COc1ccccc1CNC(=O)c1cc(NCCc2ccc(Cl)cc2)ncn1. The predicted molar refractivity (Wildman–Crippen MR) is 110 cm³/mol. The molecule has 144 valence electrons. The van der Waals surface area contributed by atoms with Gasteiger partial charge in [0.2, 0.25) is 0 Å². The number of hydrogen-bond donors (Lipinski definition) is 2. The molecular formula is C21H21ClN4O2. The van der Waals surface area contributed by atoms with Crippen LogP contribution in [0.4, 0.5) is 5.82 Å². The van der Waals surface area contributed by atoms with Crippen LogP contribution in [0.1, 0.15) is 21.6 Å². The van der Waals surface area contributed by atoms with Crippen molar-refractivity contribution in [1.29, 1.82) is 0 Å². The Morgan fingerprint density at radius 1 is 1.11 bits per heavy atom. The van der Waals surface area contributed by atoms with Crippen molar-refractivity contribution in [2.24, 2.45) is 0 Å². The Bertz CT molecular complexity index is 932. The Hall–Kier alpha value is -3.12. The zero-order valence-electron chi connectivity index (χ0n) is 15.5. The number of anilines is 1. The fourth-order valence-electron chi connectivity index (χ4n) is 2.68. The average molecular weight is 397 g/mol. The number of benzene rings is 2. The molecule has 0 bridgehead atoms. The van der Waals surface area contributed by atoms with Gasteiger partial charge in [-0.1, -0.05) is 41.9 Å². The minimum absolute atomic E-state index is 0.269. The van der Waals surface area contributed by atoms with Crippen LogP contribution in [0.15, 0.2) is 60.9 Å². The number of halogens is 1. The number of para-hydroxylation sites is 1. The van der Waals surface area contributed by atoms with E-state index in [1.54, 1.807) is 13.2 Å². The van der Waals surface area contributed by atoms with Gasteiger partial charge in [0.15, 0.2) is 0 Å². The topological polar surface area (TPSA) is 76.1 Å². The zero-order valence-corrected chi connectivity index (χ0v) is 16.2. The number of amides is 1. The molecule has 0 saturated heterocycles. The molecule has 0 atom stereocenters. The van der Waals surface area contributed by atoms with E-state index in [9.17, 15) is 4.79 Å². The van der Waals surface area contributed by atoms with Crippen molar-refractivity contribution >= 4 is 23.3 Å². The summed E-state index contributed by atoms with van der Waals surface area (Å²) < 4.78 is 5.30. The molecule has 1 aromatic heterocycles. The van der Waals surface area contributed by atoms with Gasteiger partial charge in [0, 0.05) is 29.7 Å². The zero-order chi connectivity index (χ0) is 19.8. The maximum atomic E-state index is 12.4. The Morgan fingerprint density at radius 2 is 1.89 bits per heavy atom. The van der Waals surface area contributed by atoms with Crippen LogP contribution in [0.3, 0.4) is 0 Å². The van der Waals surface area contributed by atoms with Crippen LogP contribution in [-0.2, 0) is 13.0 Å². The smallest absolute Gasteiger partial charge is 0.270 e. The van der Waals surface area contributed by atoms with E-state index in [4.69, 9.17) is 16.3 Å². The summed E-state index contributed by atoms with van der Waals surface area (Å²) in [6, 6.07) is 16.9. The second-order valence-electron chi connectivity index (χ2n) is 6.09. The highest BCUT2D eigenvalue weighted by atomic mass is 35.5. The molecule has 28 heavy (non-hydrogen) atoms. The number of aromatic nitrogens is 2. The predicted octanol–water partition coefficient (Wildman–Crippen LogP) is 3.72. The van der Waals surface area contributed by atoms with E-state index in [1.165, 1.54) is 11.9 Å². The van der Waals surface area contributed by atoms with Gasteiger partial charge in [-0.3, -0.25) is 4.79 Å². The van der Waals surface area contributed by atoms with Crippen LogP contribution in [0, 0.1) is 0 Å². The number of nitrogens with one attached hydrogen (secondary N) is 2. The van der Waals surface area contributed by atoms with Crippen LogP contribution in [0.25, 0.3) is 0 Å². The van der Waals surface area contributed by atoms with Crippen molar-refractivity contribution in [3.63, 3.8) is 0 Å². The second kappa shape index (κ2) is 9.71. The molecule has 0 spiro atoms. The van der Waals surface area contributed by atoms with Crippen LogP contribution in [0.2, 0.25) is 5.02 Å². The average Bonchev–Trinajstić information content (AvgIpc) is 2.74. The maximum absolute atomic E-state index is 12.4. The van der Waals surface area contributed by atoms with Crippen LogP contribution in [0.5, 0.6) is 5.75 Å². The van der Waals surface area contributed by atoms with Gasteiger partial charge in [-0.05, 0) is 30.2 Å². The lowest BCUT2D eigenvalue weighted by atomic mass is 10.1. The van der Waals surface area contributed by atoms with E-state index in [0.717, 1.165) is 22.8 Å². The standard InChI is InChI=1S/C21H21ClN4O2/c1-28-19-5-3-2-4-16(19)13-24-21(27)18-12-20(26-14-25-18)23-11-10-15-6-8-17(22)9-7-15/h2-9,12,14H,10-11,13H2,1H3,(H,24,27)(H,23,25,26). The third-order valence-corrected chi connectivity index (χ3v) is 4.42. The number of carbonyl (C=O) groups excluding carboxylic acids is 1. The van der Waals surface area contributed by atoms with E-state index in [2.05, 4.69) is 20.6 Å². The summed E-state index contributed by atoms with van der Waals surface area (Å²) in [6.07, 6.45) is 2.19. The number of carbonyl (C=O) groups is 1. The summed E-state index contributed by atoms with van der Waals surface area (Å²) in [5, 5.41) is 6.78. The number of methoxy groups -OCH3 is 1. The van der Waals surface area contributed by atoms with Crippen molar-refractivity contribution < 1.29 is 9.53 Å². The number of hydrogen-bond acceptors (Lipinski definition) is 5. The van der Waals surface area contributed by atoms with E-state index >= 15 is 0 Å². The van der Waals surface area contributed by atoms with Crippen molar-refractivity contribution in [3.8, 4) is 5.75 Å². The lowest BCUT2D eigenvalue weighted by molar-refractivity contribution is 0.0945. The quantitative estimate of drug-likeness (QED) is 0.606. The molecule has 2 aromatic carbocycles. The summed E-state index contributed by atoms with van der Waals surface area (Å²) >= 11 is 5.89. The van der Waals surface area contributed by atoms with Crippen molar-refractivity contribution in [1.82, 2.24) is 15.3 Å². The normalized spacial score (nSPS) is 10.4. The monoisotopic (exact) mass is 396 g/mol. The molecule has 1 amide bonds. The van der Waals surface area contributed by atoms with Gasteiger partial charge in [0.05, 0.1) is 7.11 Å². The minimum atomic E-state index is -0.269. The van der Waals surface area contributed by atoms with Crippen molar-refractivity contribution in [2.45, 2.75) is 13.0 Å². The molecule has 0 aliphatic carbocycles. The lowest BCUT2D eigenvalue weighted by Gasteiger charge is -2.10. The van der Waals surface area contributed by atoms with E-state index in [-0.39, 0.29) is 5.91 Å². The summed E-state index contributed by atoms with van der Waals surface area (Å²) in [5.41, 5.74) is 2.37. The Labute approximate surface area is 168 Å². The fourth-order valence-corrected chi connectivity index (χ4v) is 2.81. The van der Waals surface area contributed by atoms with Gasteiger partial charge >= 0.3 is 0 Å². The van der Waals surface area contributed by atoms with E-state index < -0.39 is 0 Å². The number of rotatable bonds is 8. The number of nitrogens with zero attached hydrogens (tertiary/aromatic N) is 2. The van der Waals surface area contributed by atoms with E-state index in [1.807, 2.05) is 48.5 Å². The Morgan fingerprint density at radius 3 is 2.68 bits per heavy atom. The Kier molecular flexibility index (Phi) is 6.81. The molecule has 3 aromatic rings. The fraction of sp³-hybridized carbons (Fsp3) is 0.190. The first-order valence-electron chi connectivity index (χ1n) is 8.86. The summed E-state index contributed by atoms with van der Waals surface area (Å²) in [5.74, 6) is 1.07. The first-order chi connectivity index (χ1) is 13.7.